The Labute approximate surface area is 184 Å². The minimum atomic E-state index is -0.958. The van der Waals surface area contributed by atoms with Crippen molar-refractivity contribution in [1.29, 1.82) is 0 Å². The zero-order valence-corrected chi connectivity index (χ0v) is 18.8. The molecule has 0 fully saturated rings. The van der Waals surface area contributed by atoms with Gasteiger partial charge >= 0.3 is 5.97 Å². The average Bonchev–Trinajstić information content (AvgIpc) is 2.78. The number of hydrogen-bond donors (Lipinski definition) is 1. The molecule has 2 aromatic rings. The second-order valence-corrected chi connectivity index (χ2v) is 7.22. The van der Waals surface area contributed by atoms with Crippen molar-refractivity contribution in [3.63, 3.8) is 0 Å². The van der Waals surface area contributed by atoms with Gasteiger partial charge < -0.3 is 19.5 Å². The molecule has 1 amide bonds. The number of rotatable bonds is 10. The van der Waals surface area contributed by atoms with Crippen molar-refractivity contribution in [2.24, 2.45) is 0 Å². The van der Waals surface area contributed by atoms with Gasteiger partial charge in [-0.2, -0.15) is 0 Å². The molecule has 0 saturated heterocycles. The Morgan fingerprint density at radius 2 is 1.84 bits per heavy atom. The van der Waals surface area contributed by atoms with Gasteiger partial charge in [-0.3, -0.25) is 4.79 Å². The average molecular weight is 426 g/mol. The zero-order chi connectivity index (χ0) is 22.8. The Morgan fingerprint density at radius 3 is 2.52 bits per heavy atom. The monoisotopic (exact) mass is 425 g/mol. The molecule has 0 radical (unpaired) electrons. The Morgan fingerprint density at radius 1 is 1.10 bits per heavy atom. The summed E-state index contributed by atoms with van der Waals surface area (Å²) in [6, 6.07) is 13.0. The fourth-order valence-electron chi connectivity index (χ4n) is 3.02. The van der Waals surface area contributed by atoms with Crippen molar-refractivity contribution in [1.82, 2.24) is 0 Å². The molecular formula is C25H31NO5. The van der Waals surface area contributed by atoms with Crippen LogP contribution in [0.3, 0.4) is 0 Å². The Hall–Kier alpha value is -3.28. The number of ether oxygens (including phenoxy) is 3. The fourth-order valence-corrected chi connectivity index (χ4v) is 3.02. The van der Waals surface area contributed by atoms with E-state index in [1.807, 2.05) is 55.5 Å². The molecule has 0 unspecified atom stereocenters. The molecule has 0 aliphatic rings. The van der Waals surface area contributed by atoms with Gasteiger partial charge in [-0.1, -0.05) is 50.3 Å². The summed E-state index contributed by atoms with van der Waals surface area (Å²) in [6.45, 7) is 7.32. The first kappa shape index (κ1) is 24.0. The molecule has 0 spiro atoms. The summed E-state index contributed by atoms with van der Waals surface area (Å²) in [5.74, 6) is 0.204. The molecule has 2 aromatic carbocycles. The van der Waals surface area contributed by atoms with Gasteiger partial charge in [0.15, 0.2) is 24.2 Å². The predicted octanol–water partition coefficient (Wildman–Crippen LogP) is 5.19. The zero-order valence-electron chi connectivity index (χ0n) is 18.8. The third kappa shape index (κ3) is 6.88. The van der Waals surface area contributed by atoms with E-state index in [0.29, 0.717) is 17.4 Å². The molecule has 6 nitrogen and oxygen atoms in total. The highest BCUT2D eigenvalue weighted by Crippen LogP contribution is 2.29. The molecule has 0 aromatic heterocycles. The van der Waals surface area contributed by atoms with Gasteiger partial charge in [0, 0.05) is 5.69 Å². The Kier molecular flexibility index (Phi) is 9.13. The van der Waals surface area contributed by atoms with Crippen molar-refractivity contribution in [3.8, 4) is 11.5 Å². The van der Waals surface area contributed by atoms with Crippen LogP contribution in [-0.4, -0.2) is 31.7 Å². The molecule has 2 atom stereocenters. The van der Waals surface area contributed by atoms with Crippen molar-refractivity contribution >= 4 is 23.6 Å². The maximum Gasteiger partial charge on any atom is 0.344 e. The molecule has 0 saturated carbocycles. The summed E-state index contributed by atoms with van der Waals surface area (Å²) in [5, 5.41) is 2.86. The van der Waals surface area contributed by atoms with Crippen LogP contribution < -0.4 is 14.8 Å². The van der Waals surface area contributed by atoms with Crippen LogP contribution in [0.1, 0.15) is 51.2 Å². The van der Waals surface area contributed by atoms with Crippen molar-refractivity contribution in [2.45, 2.75) is 46.1 Å². The fraction of sp³-hybridized carbons (Fsp3) is 0.360. The lowest BCUT2D eigenvalue weighted by molar-refractivity contribution is -0.155. The van der Waals surface area contributed by atoms with Gasteiger partial charge in [-0.25, -0.2) is 4.79 Å². The van der Waals surface area contributed by atoms with E-state index < -0.39 is 18.0 Å². The number of carbonyl (C=O) groups is 2. The van der Waals surface area contributed by atoms with Crippen LogP contribution >= 0.6 is 0 Å². The standard InChI is InChI=1S/C25H31NO5/c1-6-10-19-13-14-22(23(15-19)29-5)30-16-24(27)31-18(4)25(28)26-21-12-9-8-11-20(21)17(3)7-2/h6,8-15,17-18H,7,16H2,1-5H3,(H,26,28)/b10-6+/t17-,18+/m0/s1. The van der Waals surface area contributed by atoms with Gasteiger partial charge in [0.05, 0.1) is 7.11 Å². The lowest BCUT2D eigenvalue weighted by Crippen LogP contribution is -2.32. The number of para-hydroxylation sites is 1. The summed E-state index contributed by atoms with van der Waals surface area (Å²) < 4.78 is 16.1. The smallest absolute Gasteiger partial charge is 0.344 e. The third-order valence-corrected chi connectivity index (χ3v) is 4.93. The number of anilines is 1. The molecule has 1 N–H and O–H groups in total. The topological polar surface area (TPSA) is 73.9 Å². The molecular weight excluding hydrogens is 394 g/mol. The summed E-state index contributed by atoms with van der Waals surface area (Å²) >= 11 is 0. The molecule has 0 bridgehead atoms. The van der Waals surface area contributed by atoms with E-state index in [9.17, 15) is 9.59 Å². The highest BCUT2D eigenvalue weighted by Gasteiger charge is 2.20. The quantitative estimate of drug-likeness (QED) is 0.530. The van der Waals surface area contributed by atoms with Crippen LogP contribution in [-0.2, 0) is 14.3 Å². The van der Waals surface area contributed by atoms with Crippen molar-refractivity contribution in [2.75, 3.05) is 19.0 Å². The summed E-state index contributed by atoms with van der Waals surface area (Å²) in [4.78, 5) is 24.7. The highest BCUT2D eigenvalue weighted by atomic mass is 16.6. The molecule has 6 heteroatoms. The minimum absolute atomic E-state index is 0.303. The van der Waals surface area contributed by atoms with Crippen LogP contribution in [0.15, 0.2) is 48.5 Å². The summed E-state index contributed by atoms with van der Waals surface area (Å²) in [7, 11) is 1.53. The molecule has 0 heterocycles. The molecule has 166 valence electrons. The number of carbonyl (C=O) groups excluding carboxylic acids is 2. The maximum atomic E-state index is 12.5. The van der Waals surface area contributed by atoms with Gasteiger partial charge in [0.1, 0.15) is 0 Å². The van der Waals surface area contributed by atoms with Crippen LogP contribution in [0.2, 0.25) is 0 Å². The number of allylic oxidation sites excluding steroid dienone is 1. The molecule has 0 aliphatic carbocycles. The Balaban J connectivity index is 1.94. The lowest BCUT2D eigenvalue weighted by Gasteiger charge is -2.18. The van der Waals surface area contributed by atoms with Crippen molar-refractivity contribution < 1.29 is 23.8 Å². The van der Waals surface area contributed by atoms with Crippen molar-refractivity contribution in [3.05, 3.63) is 59.7 Å². The van der Waals surface area contributed by atoms with E-state index in [1.54, 1.807) is 6.07 Å². The van der Waals surface area contributed by atoms with Gasteiger partial charge in [0.2, 0.25) is 0 Å². The van der Waals surface area contributed by atoms with E-state index >= 15 is 0 Å². The first-order chi connectivity index (χ1) is 14.9. The van der Waals surface area contributed by atoms with E-state index in [4.69, 9.17) is 14.2 Å². The summed E-state index contributed by atoms with van der Waals surface area (Å²) in [5.41, 5.74) is 2.73. The van der Waals surface area contributed by atoms with E-state index in [1.165, 1.54) is 14.0 Å². The number of methoxy groups -OCH3 is 1. The maximum absolute atomic E-state index is 12.5. The predicted molar refractivity (Wildman–Crippen MR) is 123 cm³/mol. The third-order valence-electron chi connectivity index (χ3n) is 4.93. The summed E-state index contributed by atoms with van der Waals surface area (Å²) in [6.07, 6.45) is 3.84. The van der Waals surface area contributed by atoms with Gasteiger partial charge in [-0.15, -0.1) is 0 Å². The number of amides is 1. The SMILES string of the molecule is C/C=C/c1ccc(OCC(=O)O[C@H](C)C(=O)Nc2ccccc2[C@@H](C)CC)c(OC)c1. The largest absolute Gasteiger partial charge is 0.493 e. The Bertz CT molecular complexity index is 922. The van der Waals surface area contributed by atoms with E-state index in [-0.39, 0.29) is 6.61 Å². The minimum Gasteiger partial charge on any atom is -0.493 e. The second kappa shape index (κ2) is 11.8. The molecule has 2 rings (SSSR count). The van der Waals surface area contributed by atoms with Gasteiger partial charge in [-0.05, 0) is 55.5 Å². The van der Waals surface area contributed by atoms with Crippen LogP contribution in [0.5, 0.6) is 11.5 Å². The molecule has 31 heavy (non-hydrogen) atoms. The molecule has 0 aliphatic heterocycles. The normalized spacial score (nSPS) is 12.8. The van der Waals surface area contributed by atoms with E-state index in [2.05, 4.69) is 19.2 Å². The number of hydrogen-bond acceptors (Lipinski definition) is 5. The number of benzene rings is 2. The highest BCUT2D eigenvalue weighted by molar-refractivity contribution is 5.95. The first-order valence-electron chi connectivity index (χ1n) is 10.4. The van der Waals surface area contributed by atoms with Gasteiger partial charge in [0.25, 0.3) is 5.91 Å². The van der Waals surface area contributed by atoms with Crippen LogP contribution in [0, 0.1) is 0 Å². The van der Waals surface area contributed by atoms with E-state index in [0.717, 1.165) is 23.2 Å². The van der Waals surface area contributed by atoms with Crippen LogP contribution in [0.25, 0.3) is 6.08 Å². The van der Waals surface area contributed by atoms with Crippen LogP contribution in [0.4, 0.5) is 5.69 Å². The lowest BCUT2D eigenvalue weighted by atomic mass is 9.97. The number of nitrogens with one attached hydrogen (secondary N) is 1. The second-order valence-electron chi connectivity index (χ2n) is 7.22. The first-order valence-corrected chi connectivity index (χ1v) is 10.4. The number of esters is 1.